The fraction of sp³-hybridized carbons (Fsp3) is 0.667. The van der Waals surface area contributed by atoms with Gasteiger partial charge in [0.15, 0.2) is 0 Å². The molecular formula is C18H28N4O3. The standard InChI is InChI=1S/C18H28N4O3/c1-15(23)20-9-5-10-22(12-11-20)18(24)19-14-16(17-6-4-13-25-17)21-7-2-3-8-21/h4,6,13,16H,2-3,5,7-12,14H2,1H3,(H,19,24)/t16-/m0/s1. The molecule has 3 amide bonds. The summed E-state index contributed by atoms with van der Waals surface area (Å²) in [6.07, 6.45) is 4.89. The van der Waals surface area contributed by atoms with Crippen LogP contribution in [0.1, 0.15) is 38.0 Å². The molecule has 0 spiro atoms. The molecule has 7 nitrogen and oxygen atoms in total. The van der Waals surface area contributed by atoms with E-state index in [1.165, 1.54) is 12.8 Å². The molecule has 1 atom stereocenters. The van der Waals surface area contributed by atoms with Gasteiger partial charge in [0.1, 0.15) is 5.76 Å². The lowest BCUT2D eigenvalue weighted by atomic mass is 10.2. The lowest BCUT2D eigenvalue weighted by Crippen LogP contribution is -2.45. The number of hydrogen-bond acceptors (Lipinski definition) is 4. The normalized spacial score (nSPS) is 20.4. The van der Waals surface area contributed by atoms with Crippen molar-refractivity contribution < 1.29 is 14.0 Å². The van der Waals surface area contributed by atoms with E-state index in [0.717, 1.165) is 31.8 Å². The highest BCUT2D eigenvalue weighted by Crippen LogP contribution is 2.24. The van der Waals surface area contributed by atoms with Gasteiger partial charge in [-0.3, -0.25) is 9.69 Å². The van der Waals surface area contributed by atoms with E-state index in [2.05, 4.69) is 10.2 Å². The van der Waals surface area contributed by atoms with E-state index in [1.807, 2.05) is 21.9 Å². The summed E-state index contributed by atoms with van der Waals surface area (Å²) < 4.78 is 5.60. The highest BCUT2D eigenvalue weighted by atomic mass is 16.3. The zero-order chi connectivity index (χ0) is 17.6. The largest absolute Gasteiger partial charge is 0.468 e. The third kappa shape index (κ3) is 4.54. The fourth-order valence-corrected chi connectivity index (χ4v) is 3.68. The second-order valence-electron chi connectivity index (χ2n) is 6.81. The van der Waals surface area contributed by atoms with Crippen molar-refractivity contribution in [3.8, 4) is 0 Å². The molecule has 0 radical (unpaired) electrons. The number of furan rings is 1. The van der Waals surface area contributed by atoms with Gasteiger partial charge in [0, 0.05) is 39.6 Å². The minimum absolute atomic E-state index is 0.0545. The van der Waals surface area contributed by atoms with Gasteiger partial charge in [-0.1, -0.05) is 0 Å². The fourth-order valence-electron chi connectivity index (χ4n) is 3.68. The van der Waals surface area contributed by atoms with Crippen LogP contribution in [-0.2, 0) is 4.79 Å². The first-order valence-corrected chi connectivity index (χ1v) is 9.21. The quantitative estimate of drug-likeness (QED) is 0.899. The van der Waals surface area contributed by atoms with Crippen molar-refractivity contribution in [2.24, 2.45) is 0 Å². The molecule has 1 N–H and O–H groups in total. The molecule has 0 saturated carbocycles. The van der Waals surface area contributed by atoms with Gasteiger partial charge in [0.05, 0.1) is 12.3 Å². The number of likely N-dealkylation sites (tertiary alicyclic amines) is 1. The maximum absolute atomic E-state index is 12.6. The van der Waals surface area contributed by atoms with E-state index in [-0.39, 0.29) is 18.0 Å². The van der Waals surface area contributed by atoms with Crippen molar-refractivity contribution >= 4 is 11.9 Å². The van der Waals surface area contributed by atoms with Gasteiger partial charge in [-0.25, -0.2) is 4.79 Å². The number of carbonyl (C=O) groups is 2. The van der Waals surface area contributed by atoms with E-state index in [0.29, 0.717) is 26.2 Å². The van der Waals surface area contributed by atoms with E-state index >= 15 is 0 Å². The lowest BCUT2D eigenvalue weighted by Gasteiger charge is -2.28. The van der Waals surface area contributed by atoms with Crippen LogP contribution in [0.3, 0.4) is 0 Å². The van der Waals surface area contributed by atoms with Crippen LogP contribution >= 0.6 is 0 Å². The molecule has 2 fully saturated rings. The Morgan fingerprint density at radius 3 is 2.48 bits per heavy atom. The lowest BCUT2D eigenvalue weighted by molar-refractivity contribution is -0.128. The van der Waals surface area contributed by atoms with Gasteiger partial charge in [-0.05, 0) is 44.5 Å². The Kier molecular flexibility index (Phi) is 5.96. The summed E-state index contributed by atoms with van der Waals surface area (Å²) in [5, 5.41) is 3.07. The Morgan fingerprint density at radius 1 is 1.08 bits per heavy atom. The first-order chi connectivity index (χ1) is 12.1. The molecule has 0 aliphatic carbocycles. The molecule has 3 heterocycles. The average Bonchev–Trinajstić information content (AvgIpc) is 3.25. The molecule has 25 heavy (non-hydrogen) atoms. The molecule has 1 aromatic heterocycles. The third-order valence-electron chi connectivity index (χ3n) is 5.13. The predicted molar refractivity (Wildman–Crippen MR) is 94.1 cm³/mol. The van der Waals surface area contributed by atoms with Crippen molar-refractivity contribution in [3.63, 3.8) is 0 Å². The van der Waals surface area contributed by atoms with Gasteiger partial charge in [0.2, 0.25) is 5.91 Å². The van der Waals surface area contributed by atoms with E-state index in [1.54, 1.807) is 13.2 Å². The number of hydrogen-bond donors (Lipinski definition) is 1. The smallest absolute Gasteiger partial charge is 0.317 e. The van der Waals surface area contributed by atoms with E-state index in [4.69, 9.17) is 4.42 Å². The van der Waals surface area contributed by atoms with Crippen LogP contribution in [0.15, 0.2) is 22.8 Å². The zero-order valence-electron chi connectivity index (χ0n) is 14.9. The number of amides is 3. The zero-order valence-corrected chi connectivity index (χ0v) is 14.9. The molecule has 7 heteroatoms. The van der Waals surface area contributed by atoms with Crippen LogP contribution in [-0.4, -0.2) is 72.5 Å². The van der Waals surface area contributed by atoms with Crippen LogP contribution in [0.2, 0.25) is 0 Å². The Morgan fingerprint density at radius 2 is 1.80 bits per heavy atom. The van der Waals surface area contributed by atoms with Crippen molar-refractivity contribution in [3.05, 3.63) is 24.2 Å². The summed E-state index contributed by atoms with van der Waals surface area (Å²) in [7, 11) is 0. The molecule has 2 aliphatic rings. The Hall–Kier alpha value is -2.02. The van der Waals surface area contributed by atoms with Crippen molar-refractivity contribution in [2.45, 2.75) is 32.2 Å². The van der Waals surface area contributed by atoms with Gasteiger partial charge in [-0.2, -0.15) is 0 Å². The minimum Gasteiger partial charge on any atom is -0.468 e. The summed E-state index contributed by atoms with van der Waals surface area (Å²) >= 11 is 0. The molecule has 2 saturated heterocycles. The van der Waals surface area contributed by atoms with Gasteiger partial charge >= 0.3 is 6.03 Å². The summed E-state index contributed by atoms with van der Waals surface area (Å²) in [4.78, 5) is 30.1. The average molecular weight is 348 g/mol. The van der Waals surface area contributed by atoms with Crippen LogP contribution in [0.4, 0.5) is 4.79 Å². The van der Waals surface area contributed by atoms with Crippen molar-refractivity contribution in [2.75, 3.05) is 45.8 Å². The molecular weight excluding hydrogens is 320 g/mol. The van der Waals surface area contributed by atoms with Gasteiger partial charge < -0.3 is 19.5 Å². The molecule has 3 rings (SSSR count). The molecule has 2 aliphatic heterocycles. The third-order valence-corrected chi connectivity index (χ3v) is 5.13. The SMILES string of the molecule is CC(=O)N1CCCN(C(=O)NC[C@@H](c2ccco2)N2CCCC2)CC1. The summed E-state index contributed by atoms with van der Waals surface area (Å²) in [6, 6.07) is 3.90. The molecule has 0 unspecified atom stereocenters. The first kappa shape index (κ1) is 17.8. The number of nitrogens with one attached hydrogen (secondary N) is 1. The molecule has 1 aromatic rings. The molecule has 0 bridgehead atoms. The van der Waals surface area contributed by atoms with E-state index < -0.39 is 0 Å². The minimum atomic E-state index is -0.0545. The van der Waals surface area contributed by atoms with Crippen LogP contribution < -0.4 is 5.32 Å². The number of rotatable bonds is 4. The van der Waals surface area contributed by atoms with Gasteiger partial charge in [0.25, 0.3) is 0 Å². The summed E-state index contributed by atoms with van der Waals surface area (Å²) in [5.41, 5.74) is 0. The number of urea groups is 1. The van der Waals surface area contributed by atoms with Gasteiger partial charge in [-0.15, -0.1) is 0 Å². The molecule has 0 aromatic carbocycles. The van der Waals surface area contributed by atoms with Crippen molar-refractivity contribution in [1.82, 2.24) is 20.0 Å². The molecule has 138 valence electrons. The first-order valence-electron chi connectivity index (χ1n) is 9.21. The highest BCUT2D eigenvalue weighted by molar-refractivity contribution is 5.75. The maximum Gasteiger partial charge on any atom is 0.317 e. The monoisotopic (exact) mass is 348 g/mol. The number of nitrogens with zero attached hydrogens (tertiary/aromatic N) is 3. The van der Waals surface area contributed by atoms with Crippen LogP contribution in [0.5, 0.6) is 0 Å². The second kappa shape index (κ2) is 8.38. The maximum atomic E-state index is 12.6. The summed E-state index contributed by atoms with van der Waals surface area (Å²) in [5.74, 6) is 0.981. The summed E-state index contributed by atoms with van der Waals surface area (Å²) in [6.45, 7) is 6.81. The Bertz CT molecular complexity index is 569. The van der Waals surface area contributed by atoms with E-state index in [9.17, 15) is 9.59 Å². The highest BCUT2D eigenvalue weighted by Gasteiger charge is 2.27. The van der Waals surface area contributed by atoms with Crippen LogP contribution in [0, 0.1) is 0 Å². The number of carbonyl (C=O) groups excluding carboxylic acids is 2. The topological polar surface area (TPSA) is 69.0 Å². The second-order valence-corrected chi connectivity index (χ2v) is 6.81. The Balaban J connectivity index is 1.55. The van der Waals surface area contributed by atoms with Crippen LogP contribution in [0.25, 0.3) is 0 Å². The van der Waals surface area contributed by atoms with Crippen molar-refractivity contribution in [1.29, 1.82) is 0 Å². The Labute approximate surface area is 148 Å². The predicted octanol–water partition coefficient (Wildman–Crippen LogP) is 1.68.